The quantitative estimate of drug-likeness (QED) is 0.791. The van der Waals surface area contributed by atoms with Gasteiger partial charge in [-0.2, -0.15) is 12.6 Å². The molecule has 0 saturated heterocycles. The minimum absolute atomic E-state index is 0.0539. The average molecular weight is 231 g/mol. The lowest BCUT2D eigenvalue weighted by atomic mass is 10.2. The van der Waals surface area contributed by atoms with E-state index in [-0.39, 0.29) is 18.0 Å². The van der Waals surface area contributed by atoms with Crippen LogP contribution in [0.2, 0.25) is 0 Å². The number of rotatable bonds is 3. The van der Waals surface area contributed by atoms with Crippen LogP contribution in [0.1, 0.15) is 6.42 Å². The van der Waals surface area contributed by atoms with E-state index >= 15 is 0 Å². The summed E-state index contributed by atoms with van der Waals surface area (Å²) in [5.74, 6) is -1.11. The minimum atomic E-state index is -0.619. The highest BCUT2D eigenvalue weighted by Gasteiger charge is 2.14. The van der Waals surface area contributed by atoms with Crippen molar-refractivity contribution in [3.8, 4) is 0 Å². The van der Waals surface area contributed by atoms with Gasteiger partial charge in [0.25, 0.3) is 0 Å². The first kappa shape index (κ1) is 12.0. The van der Waals surface area contributed by atoms with Crippen molar-refractivity contribution in [2.24, 2.45) is 0 Å². The molecule has 0 N–H and O–H groups in total. The standard InChI is InChI=1S/C10H11F2NOS/c1-13(10(14)4-5-15)9-6-7(11)2-3-8(9)12/h2-3,6,15H,4-5H2,1H3. The van der Waals surface area contributed by atoms with E-state index in [0.29, 0.717) is 5.75 Å². The van der Waals surface area contributed by atoms with Crippen LogP contribution >= 0.6 is 12.6 Å². The summed E-state index contributed by atoms with van der Waals surface area (Å²) in [6, 6.07) is 3.00. The van der Waals surface area contributed by atoms with Crippen molar-refractivity contribution >= 4 is 24.2 Å². The predicted molar refractivity (Wildman–Crippen MR) is 58.2 cm³/mol. The Morgan fingerprint density at radius 1 is 1.47 bits per heavy atom. The Hall–Kier alpha value is -1.10. The molecule has 0 radical (unpaired) electrons. The molecular weight excluding hydrogens is 220 g/mol. The second-order valence-electron chi connectivity index (χ2n) is 3.02. The lowest BCUT2D eigenvalue weighted by Crippen LogP contribution is -2.27. The van der Waals surface area contributed by atoms with E-state index in [1.807, 2.05) is 0 Å². The topological polar surface area (TPSA) is 20.3 Å². The molecule has 0 saturated carbocycles. The molecule has 82 valence electrons. The van der Waals surface area contributed by atoms with Crippen LogP contribution in [-0.2, 0) is 4.79 Å². The molecule has 1 aromatic carbocycles. The van der Waals surface area contributed by atoms with Crippen molar-refractivity contribution in [3.05, 3.63) is 29.8 Å². The molecular formula is C10H11F2NOS. The average Bonchev–Trinajstić information content (AvgIpc) is 2.21. The van der Waals surface area contributed by atoms with E-state index in [1.54, 1.807) is 0 Å². The number of thiol groups is 1. The number of nitrogens with zero attached hydrogens (tertiary/aromatic N) is 1. The molecule has 1 amide bonds. The zero-order valence-corrected chi connectivity index (χ0v) is 9.10. The molecule has 0 heterocycles. The number of hydrogen-bond acceptors (Lipinski definition) is 2. The van der Waals surface area contributed by atoms with Gasteiger partial charge in [-0.3, -0.25) is 4.79 Å². The lowest BCUT2D eigenvalue weighted by Gasteiger charge is -2.17. The maximum atomic E-state index is 13.2. The van der Waals surface area contributed by atoms with E-state index in [0.717, 1.165) is 23.1 Å². The Morgan fingerprint density at radius 2 is 2.13 bits per heavy atom. The highest BCUT2D eigenvalue weighted by atomic mass is 32.1. The zero-order chi connectivity index (χ0) is 11.4. The Labute approximate surface area is 92.3 Å². The van der Waals surface area contributed by atoms with Gasteiger partial charge in [-0.1, -0.05) is 0 Å². The summed E-state index contributed by atoms with van der Waals surface area (Å²) >= 11 is 3.90. The molecule has 5 heteroatoms. The maximum absolute atomic E-state index is 13.2. The van der Waals surface area contributed by atoms with Gasteiger partial charge in [-0.15, -0.1) is 0 Å². The van der Waals surface area contributed by atoms with E-state index in [9.17, 15) is 13.6 Å². The molecule has 0 aliphatic heterocycles. The maximum Gasteiger partial charge on any atom is 0.227 e. The molecule has 0 unspecified atom stereocenters. The van der Waals surface area contributed by atoms with Gasteiger partial charge in [0.05, 0.1) is 5.69 Å². The van der Waals surface area contributed by atoms with Crippen LogP contribution in [0.5, 0.6) is 0 Å². The Kier molecular flexibility index (Phi) is 4.08. The second-order valence-corrected chi connectivity index (χ2v) is 3.47. The van der Waals surface area contributed by atoms with Gasteiger partial charge < -0.3 is 4.90 Å². The van der Waals surface area contributed by atoms with Gasteiger partial charge in [0.1, 0.15) is 11.6 Å². The van der Waals surface area contributed by atoms with Crippen LogP contribution in [0.3, 0.4) is 0 Å². The fourth-order valence-electron chi connectivity index (χ4n) is 1.14. The molecule has 0 fully saturated rings. The van der Waals surface area contributed by atoms with Crippen LogP contribution in [0.25, 0.3) is 0 Å². The van der Waals surface area contributed by atoms with Gasteiger partial charge in [0.15, 0.2) is 0 Å². The molecule has 0 spiro atoms. The number of hydrogen-bond donors (Lipinski definition) is 1. The van der Waals surface area contributed by atoms with E-state index < -0.39 is 11.6 Å². The van der Waals surface area contributed by atoms with E-state index in [4.69, 9.17) is 0 Å². The molecule has 0 aliphatic rings. The van der Waals surface area contributed by atoms with Gasteiger partial charge in [-0.05, 0) is 17.9 Å². The number of anilines is 1. The number of carbonyl (C=O) groups excluding carboxylic acids is 1. The van der Waals surface area contributed by atoms with Crippen LogP contribution < -0.4 is 4.90 Å². The third kappa shape index (κ3) is 2.92. The van der Waals surface area contributed by atoms with Crippen molar-refractivity contribution in [2.75, 3.05) is 17.7 Å². The van der Waals surface area contributed by atoms with Gasteiger partial charge in [0.2, 0.25) is 5.91 Å². The van der Waals surface area contributed by atoms with Crippen LogP contribution in [0.15, 0.2) is 18.2 Å². The number of benzene rings is 1. The number of amides is 1. The highest BCUT2D eigenvalue weighted by molar-refractivity contribution is 7.80. The minimum Gasteiger partial charge on any atom is -0.313 e. The van der Waals surface area contributed by atoms with Gasteiger partial charge in [0, 0.05) is 19.5 Å². The van der Waals surface area contributed by atoms with Crippen molar-refractivity contribution in [3.63, 3.8) is 0 Å². The summed E-state index contributed by atoms with van der Waals surface area (Å²) in [5, 5.41) is 0. The molecule has 0 atom stereocenters. The first-order valence-corrected chi connectivity index (χ1v) is 5.02. The molecule has 0 bridgehead atoms. The molecule has 1 rings (SSSR count). The summed E-state index contributed by atoms with van der Waals surface area (Å²) < 4.78 is 26.1. The SMILES string of the molecule is CN(C(=O)CCS)c1cc(F)ccc1F. The Balaban J connectivity index is 2.94. The molecule has 0 aliphatic carbocycles. The van der Waals surface area contributed by atoms with E-state index in [1.165, 1.54) is 7.05 Å². The van der Waals surface area contributed by atoms with Crippen LogP contribution in [0, 0.1) is 11.6 Å². The summed E-state index contributed by atoms with van der Waals surface area (Å²) in [6.07, 6.45) is 0.190. The number of carbonyl (C=O) groups is 1. The molecule has 1 aromatic rings. The highest BCUT2D eigenvalue weighted by Crippen LogP contribution is 2.19. The van der Waals surface area contributed by atoms with Crippen LogP contribution in [0.4, 0.5) is 14.5 Å². The molecule has 0 aromatic heterocycles. The summed E-state index contributed by atoms with van der Waals surface area (Å²) in [6.45, 7) is 0. The van der Waals surface area contributed by atoms with Crippen molar-refractivity contribution < 1.29 is 13.6 Å². The summed E-state index contributed by atoms with van der Waals surface area (Å²) in [4.78, 5) is 12.5. The zero-order valence-electron chi connectivity index (χ0n) is 8.20. The third-order valence-electron chi connectivity index (χ3n) is 1.97. The number of halogens is 2. The normalized spacial score (nSPS) is 10.1. The van der Waals surface area contributed by atoms with Crippen molar-refractivity contribution in [1.82, 2.24) is 0 Å². The van der Waals surface area contributed by atoms with Crippen molar-refractivity contribution in [2.45, 2.75) is 6.42 Å². The van der Waals surface area contributed by atoms with Gasteiger partial charge >= 0.3 is 0 Å². The smallest absolute Gasteiger partial charge is 0.227 e. The largest absolute Gasteiger partial charge is 0.313 e. The first-order valence-electron chi connectivity index (χ1n) is 4.38. The Morgan fingerprint density at radius 3 is 2.73 bits per heavy atom. The second kappa shape index (κ2) is 5.11. The summed E-state index contributed by atoms with van der Waals surface area (Å²) in [5.41, 5.74) is -0.0539. The molecule has 15 heavy (non-hydrogen) atoms. The van der Waals surface area contributed by atoms with E-state index in [2.05, 4.69) is 12.6 Å². The lowest BCUT2D eigenvalue weighted by molar-refractivity contribution is -0.117. The van der Waals surface area contributed by atoms with Crippen molar-refractivity contribution in [1.29, 1.82) is 0 Å². The van der Waals surface area contributed by atoms with Gasteiger partial charge in [-0.25, -0.2) is 8.78 Å². The fourth-order valence-corrected chi connectivity index (χ4v) is 1.33. The molecule has 2 nitrogen and oxygen atoms in total. The first-order chi connectivity index (χ1) is 7.06. The summed E-state index contributed by atoms with van der Waals surface area (Å²) in [7, 11) is 1.41. The monoisotopic (exact) mass is 231 g/mol. The Bertz CT molecular complexity index is 370. The van der Waals surface area contributed by atoms with Crippen LogP contribution in [-0.4, -0.2) is 18.7 Å². The predicted octanol–water partition coefficient (Wildman–Crippen LogP) is 2.25. The fraction of sp³-hybridized carbons (Fsp3) is 0.300. The third-order valence-corrected chi connectivity index (χ3v) is 2.19.